The Hall–Kier alpha value is -2.51. The van der Waals surface area contributed by atoms with Crippen molar-refractivity contribution in [2.75, 3.05) is 0 Å². The van der Waals surface area contributed by atoms with E-state index in [2.05, 4.69) is 15.3 Å². The van der Waals surface area contributed by atoms with E-state index in [0.717, 1.165) is 5.01 Å². The van der Waals surface area contributed by atoms with Gasteiger partial charge in [0.15, 0.2) is 10.8 Å². The van der Waals surface area contributed by atoms with Crippen LogP contribution in [-0.2, 0) is 13.0 Å². The van der Waals surface area contributed by atoms with Gasteiger partial charge in [-0.25, -0.2) is 4.39 Å². The molecular weight excluding hydrogens is 363 g/mol. The van der Waals surface area contributed by atoms with Gasteiger partial charge in [-0.1, -0.05) is 41.1 Å². The van der Waals surface area contributed by atoms with E-state index in [-0.39, 0.29) is 5.82 Å². The van der Waals surface area contributed by atoms with Crippen LogP contribution in [-0.4, -0.2) is 19.8 Å². The minimum Gasteiger partial charge on any atom is -0.486 e. The molecule has 4 rings (SSSR count). The number of halogens is 2. The number of nitrogens with zero attached hydrogens (tertiary/aromatic N) is 4. The number of benzene rings is 2. The van der Waals surface area contributed by atoms with Crippen molar-refractivity contribution in [1.29, 1.82) is 0 Å². The maximum Gasteiger partial charge on any atom is 0.234 e. The summed E-state index contributed by atoms with van der Waals surface area (Å²) < 4.78 is 21.1. The zero-order valence-corrected chi connectivity index (χ0v) is 14.5. The lowest BCUT2D eigenvalue weighted by molar-refractivity contribution is 0.304. The zero-order chi connectivity index (χ0) is 17.2. The van der Waals surface area contributed by atoms with Crippen molar-refractivity contribution in [2.24, 2.45) is 0 Å². The fourth-order valence-corrected chi connectivity index (χ4v) is 3.25. The Labute approximate surface area is 151 Å². The highest BCUT2D eigenvalue weighted by Crippen LogP contribution is 2.20. The van der Waals surface area contributed by atoms with Gasteiger partial charge in [-0.3, -0.25) is 0 Å². The first kappa shape index (κ1) is 16.0. The number of fused-ring (bicyclic) bond motifs is 1. The standard InChI is InChI=1S/C17H12ClFN4OS/c18-12-5-7-13(8-6-12)24-10-16-22-23-15(20-21-17(23)25-16)9-11-3-1-2-4-14(11)19/h1-8H,9-10H2. The molecule has 0 unspecified atom stereocenters. The van der Waals surface area contributed by atoms with Crippen molar-refractivity contribution in [3.8, 4) is 5.75 Å². The van der Waals surface area contributed by atoms with Crippen molar-refractivity contribution in [3.05, 3.63) is 75.8 Å². The maximum absolute atomic E-state index is 13.8. The van der Waals surface area contributed by atoms with Crippen molar-refractivity contribution >= 4 is 27.9 Å². The maximum atomic E-state index is 13.8. The van der Waals surface area contributed by atoms with Crippen LogP contribution in [0.3, 0.4) is 0 Å². The third-order valence-corrected chi connectivity index (χ3v) is 4.70. The van der Waals surface area contributed by atoms with Crippen LogP contribution in [0, 0.1) is 5.82 Å². The van der Waals surface area contributed by atoms with E-state index in [4.69, 9.17) is 16.3 Å². The average molecular weight is 375 g/mol. The van der Waals surface area contributed by atoms with E-state index in [9.17, 15) is 4.39 Å². The van der Waals surface area contributed by atoms with Gasteiger partial charge in [-0.2, -0.15) is 9.61 Å². The van der Waals surface area contributed by atoms with Crippen molar-refractivity contribution < 1.29 is 9.13 Å². The molecule has 25 heavy (non-hydrogen) atoms. The van der Waals surface area contributed by atoms with Gasteiger partial charge in [-0.05, 0) is 35.9 Å². The summed E-state index contributed by atoms with van der Waals surface area (Å²) in [5.74, 6) is 1.04. The molecule has 0 aliphatic heterocycles. The first-order chi connectivity index (χ1) is 12.2. The van der Waals surface area contributed by atoms with Gasteiger partial charge >= 0.3 is 0 Å². The fourth-order valence-electron chi connectivity index (χ4n) is 2.35. The van der Waals surface area contributed by atoms with Gasteiger partial charge in [-0.15, -0.1) is 10.2 Å². The highest BCUT2D eigenvalue weighted by molar-refractivity contribution is 7.16. The largest absolute Gasteiger partial charge is 0.486 e. The molecule has 0 fully saturated rings. The number of rotatable bonds is 5. The summed E-state index contributed by atoms with van der Waals surface area (Å²) >= 11 is 7.24. The Morgan fingerprint density at radius 3 is 2.68 bits per heavy atom. The van der Waals surface area contributed by atoms with Crippen molar-refractivity contribution in [3.63, 3.8) is 0 Å². The average Bonchev–Trinajstić information content (AvgIpc) is 3.18. The van der Waals surface area contributed by atoms with Crippen LogP contribution in [0.1, 0.15) is 16.4 Å². The van der Waals surface area contributed by atoms with E-state index in [1.165, 1.54) is 17.4 Å². The first-order valence-corrected chi connectivity index (χ1v) is 8.70. The number of ether oxygens (including phenoxy) is 1. The highest BCUT2D eigenvalue weighted by Gasteiger charge is 2.14. The van der Waals surface area contributed by atoms with Crippen molar-refractivity contribution in [2.45, 2.75) is 13.0 Å². The summed E-state index contributed by atoms with van der Waals surface area (Å²) in [4.78, 5) is 0.654. The lowest BCUT2D eigenvalue weighted by Gasteiger charge is -2.03. The molecule has 0 saturated heterocycles. The SMILES string of the molecule is Fc1ccccc1Cc1nnc2sc(COc3ccc(Cl)cc3)nn12. The summed E-state index contributed by atoms with van der Waals surface area (Å²) in [5, 5.41) is 14.1. The molecule has 0 radical (unpaired) electrons. The van der Waals surface area contributed by atoms with E-state index in [1.54, 1.807) is 47.0 Å². The second-order valence-corrected chi connectivity index (χ2v) is 6.79. The minimum absolute atomic E-state index is 0.263. The van der Waals surface area contributed by atoms with Crippen LogP contribution in [0.2, 0.25) is 5.02 Å². The molecule has 0 aliphatic carbocycles. The first-order valence-electron chi connectivity index (χ1n) is 7.51. The summed E-state index contributed by atoms with van der Waals surface area (Å²) in [5.41, 5.74) is 0.559. The lowest BCUT2D eigenvalue weighted by atomic mass is 10.1. The van der Waals surface area contributed by atoms with Crippen LogP contribution in [0.4, 0.5) is 4.39 Å². The summed E-state index contributed by atoms with van der Waals surface area (Å²) in [6, 6.07) is 13.7. The molecule has 0 aliphatic rings. The normalized spacial score (nSPS) is 11.1. The number of hydrogen-bond donors (Lipinski definition) is 0. The van der Waals surface area contributed by atoms with Gasteiger partial charge < -0.3 is 4.74 Å². The van der Waals surface area contributed by atoms with Gasteiger partial charge in [0.05, 0.1) is 0 Å². The smallest absolute Gasteiger partial charge is 0.234 e. The molecule has 126 valence electrons. The molecule has 8 heteroatoms. The summed E-state index contributed by atoms with van der Waals surface area (Å²) in [7, 11) is 0. The molecule has 0 spiro atoms. The fraction of sp³-hybridized carbons (Fsp3) is 0.118. The quantitative estimate of drug-likeness (QED) is 0.526. The molecule has 5 nitrogen and oxygen atoms in total. The topological polar surface area (TPSA) is 52.3 Å². The molecule has 0 N–H and O–H groups in total. The molecule has 2 aromatic carbocycles. The van der Waals surface area contributed by atoms with Crippen LogP contribution in [0.25, 0.3) is 4.96 Å². The van der Waals surface area contributed by atoms with E-state index in [1.807, 2.05) is 0 Å². The molecular formula is C17H12ClFN4OS. The Morgan fingerprint density at radius 2 is 1.88 bits per heavy atom. The predicted molar refractivity (Wildman–Crippen MR) is 93.6 cm³/mol. The second-order valence-electron chi connectivity index (χ2n) is 5.32. The summed E-state index contributed by atoms with van der Waals surface area (Å²) in [6.07, 6.45) is 0.328. The molecule has 2 heterocycles. The Bertz CT molecular complexity index is 1020. The molecule has 2 aromatic heterocycles. The van der Waals surface area contributed by atoms with Gasteiger partial charge in [0.1, 0.15) is 18.2 Å². The third kappa shape index (κ3) is 3.47. The molecule has 4 aromatic rings. The van der Waals surface area contributed by atoms with E-state index >= 15 is 0 Å². The monoisotopic (exact) mass is 374 g/mol. The van der Waals surface area contributed by atoms with Gasteiger partial charge in [0.25, 0.3) is 0 Å². The van der Waals surface area contributed by atoms with Crippen molar-refractivity contribution in [1.82, 2.24) is 19.8 Å². The van der Waals surface area contributed by atoms with Crippen LogP contribution >= 0.6 is 22.9 Å². The number of aromatic nitrogens is 4. The lowest BCUT2D eigenvalue weighted by Crippen LogP contribution is -2.01. The molecule has 0 bridgehead atoms. The minimum atomic E-state index is -0.263. The van der Waals surface area contributed by atoms with Crippen LogP contribution < -0.4 is 4.74 Å². The second kappa shape index (κ2) is 6.78. The third-order valence-electron chi connectivity index (χ3n) is 3.58. The molecule has 0 amide bonds. The van der Waals surface area contributed by atoms with E-state index in [0.29, 0.717) is 40.1 Å². The Morgan fingerprint density at radius 1 is 1.08 bits per heavy atom. The Kier molecular flexibility index (Phi) is 4.33. The zero-order valence-electron chi connectivity index (χ0n) is 12.9. The van der Waals surface area contributed by atoms with Gasteiger partial charge in [0.2, 0.25) is 4.96 Å². The van der Waals surface area contributed by atoms with E-state index < -0.39 is 0 Å². The number of hydrogen-bond acceptors (Lipinski definition) is 5. The highest BCUT2D eigenvalue weighted by atomic mass is 35.5. The van der Waals surface area contributed by atoms with Crippen LogP contribution in [0.5, 0.6) is 5.75 Å². The molecule has 0 atom stereocenters. The van der Waals surface area contributed by atoms with Crippen LogP contribution in [0.15, 0.2) is 48.5 Å². The summed E-state index contributed by atoms with van der Waals surface area (Å²) in [6.45, 7) is 0.314. The molecule has 0 saturated carbocycles. The Balaban J connectivity index is 1.52. The van der Waals surface area contributed by atoms with Gasteiger partial charge in [0, 0.05) is 11.4 Å². The predicted octanol–water partition coefficient (Wildman–Crippen LogP) is 4.15.